The molecule has 0 heteroatoms. The van der Waals surface area contributed by atoms with Gasteiger partial charge < -0.3 is 0 Å². The van der Waals surface area contributed by atoms with Crippen molar-refractivity contribution in [2.24, 2.45) is 0 Å². The molecule has 0 N–H and O–H groups in total. The first-order valence-corrected chi connectivity index (χ1v) is 7.52. The van der Waals surface area contributed by atoms with Crippen LogP contribution in [-0.4, -0.2) is 0 Å². The molecule has 0 spiro atoms. The Morgan fingerprint density at radius 3 is 2.35 bits per heavy atom. The lowest BCUT2D eigenvalue weighted by atomic mass is 9.83. The molecule has 0 atom stereocenters. The normalized spacial score (nSPS) is 14.2. The summed E-state index contributed by atoms with van der Waals surface area (Å²) in [7, 11) is 0. The van der Waals surface area contributed by atoms with Crippen LogP contribution in [0.4, 0.5) is 0 Å². The molecule has 0 aliphatic heterocycles. The van der Waals surface area contributed by atoms with Gasteiger partial charge in [0.1, 0.15) is 0 Å². The van der Waals surface area contributed by atoms with E-state index in [1.165, 1.54) is 47.6 Å². The van der Waals surface area contributed by atoms with Crippen molar-refractivity contribution in [1.29, 1.82) is 0 Å². The molecule has 0 nitrogen and oxygen atoms in total. The lowest BCUT2D eigenvalue weighted by molar-refractivity contribution is 0.688. The van der Waals surface area contributed by atoms with Crippen LogP contribution >= 0.6 is 0 Å². The van der Waals surface area contributed by atoms with Gasteiger partial charge in [-0.05, 0) is 58.7 Å². The molecule has 0 amide bonds. The zero-order valence-corrected chi connectivity index (χ0v) is 11.6. The second kappa shape index (κ2) is 4.79. The summed E-state index contributed by atoms with van der Waals surface area (Å²) in [6.07, 6.45) is 5.12. The van der Waals surface area contributed by atoms with E-state index in [-0.39, 0.29) is 0 Å². The first-order chi connectivity index (χ1) is 9.93. The minimum absolute atomic E-state index is 1.23. The second-order valence-corrected chi connectivity index (χ2v) is 5.68. The van der Waals surface area contributed by atoms with Crippen molar-refractivity contribution < 1.29 is 0 Å². The van der Waals surface area contributed by atoms with E-state index in [4.69, 9.17) is 0 Å². The zero-order chi connectivity index (χ0) is 13.4. The lowest BCUT2D eigenvalue weighted by Crippen LogP contribution is -2.05. The standard InChI is InChI=1S/C20H18/c1-2-8-15(9-3-1)20-18-12-6-4-10-16(18)14-17-11-5-7-13-19(17)20/h1-4,6,8-10,12,14H,5,7,11,13H2. The fourth-order valence-corrected chi connectivity index (χ4v) is 3.51. The summed E-state index contributed by atoms with van der Waals surface area (Å²) in [4.78, 5) is 0. The summed E-state index contributed by atoms with van der Waals surface area (Å²) in [5, 5.41) is 2.78. The van der Waals surface area contributed by atoms with E-state index >= 15 is 0 Å². The highest BCUT2D eigenvalue weighted by Gasteiger charge is 2.17. The van der Waals surface area contributed by atoms with Crippen LogP contribution in [-0.2, 0) is 12.8 Å². The molecular weight excluding hydrogens is 240 g/mol. The van der Waals surface area contributed by atoms with Gasteiger partial charge >= 0.3 is 0 Å². The van der Waals surface area contributed by atoms with Crippen LogP contribution in [0.25, 0.3) is 21.9 Å². The molecule has 0 aromatic heterocycles. The van der Waals surface area contributed by atoms with Gasteiger partial charge in [0.25, 0.3) is 0 Å². The Morgan fingerprint density at radius 2 is 1.45 bits per heavy atom. The largest absolute Gasteiger partial charge is 0.0622 e. The third-order valence-corrected chi connectivity index (χ3v) is 4.43. The van der Waals surface area contributed by atoms with Crippen LogP contribution in [0.3, 0.4) is 0 Å². The van der Waals surface area contributed by atoms with E-state index in [1.807, 2.05) is 0 Å². The van der Waals surface area contributed by atoms with Crippen LogP contribution in [0, 0.1) is 0 Å². The highest BCUT2D eigenvalue weighted by Crippen LogP contribution is 2.37. The summed E-state index contributed by atoms with van der Waals surface area (Å²) < 4.78 is 0. The van der Waals surface area contributed by atoms with Crippen molar-refractivity contribution in [2.45, 2.75) is 25.7 Å². The summed E-state index contributed by atoms with van der Waals surface area (Å²) in [5.41, 5.74) is 5.98. The van der Waals surface area contributed by atoms with E-state index in [2.05, 4.69) is 60.7 Å². The van der Waals surface area contributed by atoms with Gasteiger partial charge in [0.2, 0.25) is 0 Å². The summed E-state index contributed by atoms with van der Waals surface area (Å²) in [5.74, 6) is 0. The summed E-state index contributed by atoms with van der Waals surface area (Å²) in [6, 6.07) is 22.1. The number of hydrogen-bond acceptors (Lipinski definition) is 0. The first kappa shape index (κ1) is 11.7. The maximum atomic E-state index is 2.41. The number of benzene rings is 3. The van der Waals surface area contributed by atoms with Crippen molar-refractivity contribution in [3.63, 3.8) is 0 Å². The van der Waals surface area contributed by atoms with Gasteiger partial charge in [-0.15, -0.1) is 0 Å². The van der Waals surface area contributed by atoms with Gasteiger partial charge in [-0.2, -0.15) is 0 Å². The number of hydrogen-bond donors (Lipinski definition) is 0. The van der Waals surface area contributed by atoms with Crippen LogP contribution in [0.15, 0.2) is 60.7 Å². The molecule has 0 unspecified atom stereocenters. The Labute approximate surface area is 120 Å². The lowest BCUT2D eigenvalue weighted by Gasteiger charge is -2.22. The van der Waals surface area contributed by atoms with Crippen molar-refractivity contribution in [3.8, 4) is 11.1 Å². The summed E-state index contributed by atoms with van der Waals surface area (Å²) >= 11 is 0. The van der Waals surface area contributed by atoms with E-state index < -0.39 is 0 Å². The van der Waals surface area contributed by atoms with Gasteiger partial charge in [-0.3, -0.25) is 0 Å². The predicted molar refractivity (Wildman–Crippen MR) is 86.0 cm³/mol. The zero-order valence-electron chi connectivity index (χ0n) is 11.6. The van der Waals surface area contributed by atoms with Gasteiger partial charge in [-0.1, -0.05) is 60.7 Å². The molecule has 1 aliphatic carbocycles. The molecular formula is C20H18. The van der Waals surface area contributed by atoms with Crippen molar-refractivity contribution in [1.82, 2.24) is 0 Å². The third-order valence-electron chi connectivity index (χ3n) is 4.43. The Morgan fingerprint density at radius 1 is 0.700 bits per heavy atom. The Kier molecular flexibility index (Phi) is 2.81. The molecule has 1 aliphatic rings. The number of fused-ring (bicyclic) bond motifs is 2. The van der Waals surface area contributed by atoms with E-state index in [1.54, 1.807) is 11.1 Å². The molecule has 0 radical (unpaired) electrons. The summed E-state index contributed by atoms with van der Waals surface area (Å²) in [6.45, 7) is 0. The highest BCUT2D eigenvalue weighted by molar-refractivity contribution is 5.99. The van der Waals surface area contributed by atoms with E-state index in [9.17, 15) is 0 Å². The maximum absolute atomic E-state index is 2.41. The van der Waals surface area contributed by atoms with Crippen LogP contribution < -0.4 is 0 Å². The molecule has 3 aromatic carbocycles. The molecule has 4 rings (SSSR count). The van der Waals surface area contributed by atoms with Gasteiger partial charge in [-0.25, -0.2) is 0 Å². The fraction of sp³-hybridized carbons (Fsp3) is 0.200. The van der Waals surface area contributed by atoms with E-state index in [0.29, 0.717) is 0 Å². The molecule has 0 saturated heterocycles. The molecule has 3 aromatic rings. The number of rotatable bonds is 1. The average Bonchev–Trinajstić information content (AvgIpc) is 2.53. The molecule has 0 bridgehead atoms. The van der Waals surface area contributed by atoms with Crippen LogP contribution in [0.5, 0.6) is 0 Å². The Hall–Kier alpha value is -2.08. The topological polar surface area (TPSA) is 0 Å². The van der Waals surface area contributed by atoms with Crippen molar-refractivity contribution >= 4 is 10.8 Å². The van der Waals surface area contributed by atoms with Gasteiger partial charge in [0.05, 0.1) is 0 Å². The SMILES string of the molecule is c1ccc(-c2c3c(cc4ccccc24)CCCC3)cc1. The quantitative estimate of drug-likeness (QED) is 0.549. The monoisotopic (exact) mass is 258 g/mol. The number of aryl methyl sites for hydroxylation is 1. The van der Waals surface area contributed by atoms with Crippen molar-refractivity contribution in [3.05, 3.63) is 71.8 Å². The first-order valence-electron chi connectivity index (χ1n) is 7.52. The molecule has 20 heavy (non-hydrogen) atoms. The van der Waals surface area contributed by atoms with Gasteiger partial charge in [0.15, 0.2) is 0 Å². The smallest absolute Gasteiger partial charge is 0.00706 e. The third kappa shape index (κ3) is 1.84. The molecule has 0 heterocycles. The Balaban J connectivity index is 2.10. The highest BCUT2D eigenvalue weighted by atomic mass is 14.2. The predicted octanol–water partition coefficient (Wildman–Crippen LogP) is 5.39. The molecule has 98 valence electrons. The average molecular weight is 258 g/mol. The minimum Gasteiger partial charge on any atom is -0.0622 e. The maximum Gasteiger partial charge on any atom is -0.00706 e. The second-order valence-electron chi connectivity index (χ2n) is 5.68. The van der Waals surface area contributed by atoms with Crippen molar-refractivity contribution in [2.75, 3.05) is 0 Å². The molecule has 0 saturated carbocycles. The Bertz CT molecular complexity index is 754. The molecule has 0 fully saturated rings. The van der Waals surface area contributed by atoms with Crippen LogP contribution in [0.1, 0.15) is 24.0 Å². The minimum atomic E-state index is 1.23. The fourth-order valence-electron chi connectivity index (χ4n) is 3.51. The van der Waals surface area contributed by atoms with Crippen LogP contribution in [0.2, 0.25) is 0 Å². The van der Waals surface area contributed by atoms with E-state index in [0.717, 1.165) is 0 Å². The van der Waals surface area contributed by atoms with Gasteiger partial charge in [0, 0.05) is 0 Å².